The molecule has 1 amide bonds. The number of carbonyl (C=O) groups excluding carboxylic acids is 1. The smallest absolute Gasteiger partial charge is 0.259 e. The SMILES string of the molecule is Cc1c(O)c(C(=O)Nc2cc(Cl)ccc2Cl)cc2ccccc12. The van der Waals surface area contributed by atoms with Gasteiger partial charge in [0.1, 0.15) is 5.75 Å². The van der Waals surface area contributed by atoms with Crippen LogP contribution >= 0.6 is 23.2 Å². The summed E-state index contributed by atoms with van der Waals surface area (Å²) in [4.78, 5) is 12.5. The molecule has 0 spiro atoms. The molecule has 3 rings (SSSR count). The molecule has 0 unspecified atom stereocenters. The maximum atomic E-state index is 12.5. The molecule has 3 nitrogen and oxygen atoms in total. The van der Waals surface area contributed by atoms with Crippen molar-refractivity contribution in [1.29, 1.82) is 0 Å². The van der Waals surface area contributed by atoms with Gasteiger partial charge in [0.15, 0.2) is 0 Å². The number of aryl methyl sites for hydroxylation is 1. The summed E-state index contributed by atoms with van der Waals surface area (Å²) < 4.78 is 0. The number of benzene rings is 3. The zero-order valence-corrected chi connectivity index (χ0v) is 13.7. The first-order valence-corrected chi connectivity index (χ1v) is 7.70. The average Bonchev–Trinajstić information content (AvgIpc) is 2.54. The minimum absolute atomic E-state index is 0.0423. The molecule has 23 heavy (non-hydrogen) atoms. The van der Waals surface area contributed by atoms with Crippen molar-refractivity contribution in [2.24, 2.45) is 0 Å². The van der Waals surface area contributed by atoms with E-state index in [0.717, 1.165) is 10.8 Å². The van der Waals surface area contributed by atoms with Gasteiger partial charge in [0.05, 0.1) is 16.3 Å². The number of hydrogen-bond acceptors (Lipinski definition) is 2. The van der Waals surface area contributed by atoms with Crippen molar-refractivity contribution in [2.45, 2.75) is 6.92 Å². The quantitative estimate of drug-likeness (QED) is 0.652. The molecule has 3 aromatic carbocycles. The Morgan fingerprint density at radius 3 is 2.61 bits per heavy atom. The third-order valence-corrected chi connectivity index (χ3v) is 4.26. The third kappa shape index (κ3) is 2.98. The van der Waals surface area contributed by atoms with Crippen molar-refractivity contribution in [1.82, 2.24) is 0 Å². The molecule has 116 valence electrons. The van der Waals surface area contributed by atoms with E-state index in [0.29, 0.717) is 21.3 Å². The number of carbonyl (C=O) groups is 1. The van der Waals surface area contributed by atoms with Crippen LogP contribution in [0.4, 0.5) is 5.69 Å². The predicted octanol–water partition coefficient (Wildman–Crippen LogP) is 5.41. The first kappa shape index (κ1) is 15.7. The summed E-state index contributed by atoms with van der Waals surface area (Å²) in [6.45, 7) is 1.78. The number of nitrogens with one attached hydrogen (secondary N) is 1. The molecule has 0 aliphatic rings. The van der Waals surface area contributed by atoms with Crippen molar-refractivity contribution >= 4 is 45.6 Å². The van der Waals surface area contributed by atoms with Crippen LogP contribution in [-0.2, 0) is 0 Å². The van der Waals surface area contributed by atoms with Gasteiger partial charge in [-0.2, -0.15) is 0 Å². The lowest BCUT2D eigenvalue weighted by Crippen LogP contribution is -2.13. The van der Waals surface area contributed by atoms with Gasteiger partial charge in [-0.1, -0.05) is 47.5 Å². The van der Waals surface area contributed by atoms with E-state index in [1.54, 1.807) is 31.2 Å². The molecular weight excluding hydrogens is 333 g/mol. The average molecular weight is 346 g/mol. The maximum absolute atomic E-state index is 12.5. The minimum Gasteiger partial charge on any atom is -0.507 e. The Hall–Kier alpha value is -2.23. The van der Waals surface area contributed by atoms with E-state index in [9.17, 15) is 9.90 Å². The molecule has 0 fully saturated rings. The molecule has 0 atom stereocenters. The summed E-state index contributed by atoms with van der Waals surface area (Å²) in [5.41, 5.74) is 1.25. The van der Waals surface area contributed by atoms with Gasteiger partial charge in [-0.25, -0.2) is 0 Å². The van der Waals surface area contributed by atoms with Crippen LogP contribution in [0.2, 0.25) is 10.0 Å². The van der Waals surface area contributed by atoms with Crippen LogP contribution in [0.25, 0.3) is 10.8 Å². The maximum Gasteiger partial charge on any atom is 0.259 e. The van der Waals surface area contributed by atoms with Crippen LogP contribution in [-0.4, -0.2) is 11.0 Å². The fraction of sp³-hybridized carbons (Fsp3) is 0.0556. The highest BCUT2D eigenvalue weighted by Crippen LogP contribution is 2.32. The van der Waals surface area contributed by atoms with Gasteiger partial charge in [-0.15, -0.1) is 0 Å². The van der Waals surface area contributed by atoms with E-state index in [2.05, 4.69) is 5.32 Å². The van der Waals surface area contributed by atoms with Crippen molar-refractivity contribution in [2.75, 3.05) is 5.32 Å². The number of amides is 1. The predicted molar refractivity (Wildman–Crippen MR) is 94.8 cm³/mol. The van der Waals surface area contributed by atoms with E-state index in [4.69, 9.17) is 23.2 Å². The lowest BCUT2D eigenvalue weighted by Gasteiger charge is -2.12. The summed E-state index contributed by atoms with van der Waals surface area (Å²) in [6.07, 6.45) is 0. The van der Waals surface area contributed by atoms with Crippen LogP contribution in [0.1, 0.15) is 15.9 Å². The molecule has 2 N–H and O–H groups in total. The number of fused-ring (bicyclic) bond motifs is 1. The van der Waals surface area contributed by atoms with E-state index in [1.165, 1.54) is 0 Å². The Morgan fingerprint density at radius 2 is 1.83 bits per heavy atom. The van der Waals surface area contributed by atoms with Gasteiger partial charge in [0.2, 0.25) is 0 Å². The zero-order chi connectivity index (χ0) is 16.6. The monoisotopic (exact) mass is 345 g/mol. The number of phenols is 1. The normalized spacial score (nSPS) is 10.7. The molecule has 0 saturated carbocycles. The van der Waals surface area contributed by atoms with E-state index >= 15 is 0 Å². The largest absolute Gasteiger partial charge is 0.507 e. The van der Waals surface area contributed by atoms with E-state index in [1.807, 2.05) is 24.3 Å². The van der Waals surface area contributed by atoms with Crippen molar-refractivity contribution in [3.8, 4) is 5.75 Å². The van der Waals surface area contributed by atoms with Crippen LogP contribution < -0.4 is 5.32 Å². The van der Waals surface area contributed by atoms with Gasteiger partial charge < -0.3 is 10.4 Å². The molecule has 5 heteroatoms. The Labute approximate surface area is 143 Å². The zero-order valence-electron chi connectivity index (χ0n) is 12.2. The molecule has 0 bridgehead atoms. The highest BCUT2D eigenvalue weighted by molar-refractivity contribution is 6.36. The minimum atomic E-state index is -0.444. The second kappa shape index (κ2) is 6.11. The van der Waals surface area contributed by atoms with Crippen molar-refractivity contribution in [3.05, 3.63) is 69.7 Å². The fourth-order valence-electron chi connectivity index (χ4n) is 2.47. The van der Waals surface area contributed by atoms with E-state index < -0.39 is 5.91 Å². The van der Waals surface area contributed by atoms with E-state index in [-0.39, 0.29) is 11.3 Å². The molecule has 3 aromatic rings. The standard InChI is InChI=1S/C18H13Cl2NO2/c1-10-13-5-3-2-4-11(13)8-14(17(10)22)18(23)21-16-9-12(19)6-7-15(16)20/h2-9,22H,1H3,(H,21,23). The number of anilines is 1. The fourth-order valence-corrected chi connectivity index (χ4v) is 2.81. The summed E-state index contributed by atoms with van der Waals surface area (Å²) >= 11 is 12.0. The van der Waals surface area contributed by atoms with Crippen LogP contribution in [0.5, 0.6) is 5.75 Å². The molecule has 0 aliphatic heterocycles. The number of aromatic hydroxyl groups is 1. The van der Waals surface area contributed by atoms with Gasteiger partial charge in [0, 0.05) is 5.02 Å². The molecule has 0 aromatic heterocycles. The Morgan fingerprint density at radius 1 is 1.09 bits per heavy atom. The molecule has 0 aliphatic carbocycles. The van der Waals surface area contributed by atoms with Crippen molar-refractivity contribution in [3.63, 3.8) is 0 Å². The van der Waals surface area contributed by atoms with Gasteiger partial charge in [0.25, 0.3) is 5.91 Å². The van der Waals surface area contributed by atoms with Gasteiger partial charge in [-0.3, -0.25) is 4.79 Å². The lowest BCUT2D eigenvalue weighted by atomic mass is 10.00. The Bertz CT molecular complexity index is 922. The third-order valence-electron chi connectivity index (χ3n) is 3.70. The van der Waals surface area contributed by atoms with Crippen LogP contribution in [0.3, 0.4) is 0 Å². The molecule has 0 saturated heterocycles. The molecule has 0 heterocycles. The van der Waals surface area contributed by atoms with Gasteiger partial charge >= 0.3 is 0 Å². The highest BCUT2D eigenvalue weighted by atomic mass is 35.5. The summed E-state index contributed by atoms with van der Waals surface area (Å²) in [5, 5.41) is 15.7. The lowest BCUT2D eigenvalue weighted by molar-refractivity contribution is 0.102. The Kier molecular flexibility index (Phi) is 4.16. The van der Waals surface area contributed by atoms with Crippen molar-refractivity contribution < 1.29 is 9.90 Å². The Balaban J connectivity index is 2.04. The summed E-state index contributed by atoms with van der Waals surface area (Å²) in [7, 11) is 0. The molecule has 0 radical (unpaired) electrons. The first-order chi connectivity index (χ1) is 11.0. The van der Waals surface area contributed by atoms with Crippen LogP contribution in [0.15, 0.2) is 48.5 Å². The second-order valence-corrected chi connectivity index (χ2v) is 6.04. The summed E-state index contributed by atoms with van der Waals surface area (Å²) in [5.74, 6) is -0.486. The number of rotatable bonds is 2. The summed E-state index contributed by atoms with van der Waals surface area (Å²) in [6, 6.07) is 14.0. The second-order valence-electron chi connectivity index (χ2n) is 5.20. The highest BCUT2D eigenvalue weighted by Gasteiger charge is 2.17. The number of hydrogen-bond donors (Lipinski definition) is 2. The number of halogens is 2. The first-order valence-electron chi connectivity index (χ1n) is 6.95. The van der Waals surface area contributed by atoms with Crippen LogP contribution in [0, 0.1) is 6.92 Å². The number of phenolic OH excluding ortho intramolecular Hbond substituents is 1. The molecular formula is C18H13Cl2NO2. The topological polar surface area (TPSA) is 49.3 Å². The van der Waals surface area contributed by atoms with Gasteiger partial charge in [-0.05, 0) is 47.5 Å².